The predicted octanol–water partition coefficient (Wildman–Crippen LogP) is 21.1. The minimum Gasteiger partial charge on any atom is -0.135 e. The molecule has 0 nitrogen and oxygen atoms in total. The molecule has 0 fully saturated rings. The van der Waals surface area contributed by atoms with E-state index < -0.39 is 0 Å². The van der Waals surface area contributed by atoms with Gasteiger partial charge in [-0.25, -0.2) is 0 Å². The highest BCUT2D eigenvalue weighted by Gasteiger charge is 2.20. The van der Waals surface area contributed by atoms with Gasteiger partial charge in [-0.05, 0) is 178 Å². The van der Waals surface area contributed by atoms with Crippen LogP contribution in [0.2, 0.25) is 0 Å². The lowest BCUT2D eigenvalue weighted by Crippen LogP contribution is -1.92. The van der Waals surface area contributed by atoms with Crippen molar-refractivity contribution in [1.29, 1.82) is 0 Å². The summed E-state index contributed by atoms with van der Waals surface area (Å²) in [5.74, 6) is 0. The van der Waals surface area contributed by atoms with Gasteiger partial charge in [0.05, 0.1) is 0 Å². The minimum absolute atomic E-state index is 1.21. The number of benzene rings is 15. The largest absolute Gasteiger partial charge is 0.135 e. The lowest BCUT2D eigenvalue weighted by Gasteiger charge is -2.19. The Morgan fingerprint density at radius 3 is 1.16 bits per heavy atom. The molecule has 0 saturated heterocycles. The van der Waals surface area contributed by atoms with E-state index in [2.05, 4.69) is 255 Å². The van der Waals surface area contributed by atoms with Gasteiger partial charge in [0.1, 0.15) is 0 Å². The zero-order chi connectivity index (χ0) is 47.7. The molecule has 0 aliphatic heterocycles. The van der Waals surface area contributed by atoms with Crippen molar-refractivity contribution in [3.8, 4) is 55.6 Å². The van der Waals surface area contributed by atoms with Gasteiger partial charge in [-0.2, -0.15) is 0 Å². The van der Waals surface area contributed by atoms with Gasteiger partial charge >= 0.3 is 0 Å². The van der Waals surface area contributed by atoms with Crippen LogP contribution < -0.4 is 0 Å². The third kappa shape index (κ3) is 6.07. The van der Waals surface area contributed by atoms with Crippen LogP contribution in [0.3, 0.4) is 0 Å². The van der Waals surface area contributed by atoms with E-state index in [0.717, 1.165) is 0 Å². The molecule has 1 aromatic heterocycles. The summed E-state index contributed by atoms with van der Waals surface area (Å²) < 4.78 is 2.65. The Hall–Kier alpha value is -9.14. The van der Waals surface area contributed by atoms with Gasteiger partial charge in [0, 0.05) is 20.2 Å². The van der Waals surface area contributed by atoms with Crippen LogP contribution in [0, 0.1) is 0 Å². The van der Waals surface area contributed by atoms with Crippen LogP contribution in [-0.4, -0.2) is 0 Å². The van der Waals surface area contributed by atoms with Gasteiger partial charge in [-0.3, -0.25) is 0 Å². The van der Waals surface area contributed by atoms with Gasteiger partial charge in [-0.15, -0.1) is 11.3 Å². The molecule has 0 amide bonds. The zero-order valence-electron chi connectivity index (χ0n) is 39.7. The second-order valence-corrected chi connectivity index (χ2v) is 20.9. The van der Waals surface area contributed by atoms with E-state index in [1.165, 1.54) is 162 Å². The Morgan fingerprint density at radius 1 is 0.192 bits per heavy atom. The summed E-state index contributed by atoms with van der Waals surface area (Å²) in [4.78, 5) is 0. The number of rotatable bonds is 5. The van der Waals surface area contributed by atoms with Crippen LogP contribution in [0.5, 0.6) is 0 Å². The number of hydrogen-bond donors (Lipinski definition) is 0. The highest BCUT2D eigenvalue weighted by Crippen LogP contribution is 2.48. The SMILES string of the molecule is c1ccc(-c2cccc(-c3c4ccccc4c(-c4cccc(-c5ccc6ccc7c(-c8ccc9sc%10cc%11c%12ccccc%12c%12ccccc%12c%11cc%10c9c8)ccc8ccc5c6c87)c4)c4ccccc34)c2)cc1. The summed E-state index contributed by atoms with van der Waals surface area (Å²) in [5.41, 5.74) is 12.4. The molecule has 0 bridgehead atoms. The van der Waals surface area contributed by atoms with Crippen molar-refractivity contribution in [2.75, 3.05) is 0 Å². The maximum Gasteiger partial charge on any atom is 0.0362 e. The highest BCUT2D eigenvalue weighted by molar-refractivity contribution is 7.25. The van der Waals surface area contributed by atoms with Crippen LogP contribution in [0.1, 0.15) is 0 Å². The second kappa shape index (κ2) is 15.7. The van der Waals surface area contributed by atoms with Crippen molar-refractivity contribution in [1.82, 2.24) is 0 Å². The first-order valence-corrected chi connectivity index (χ1v) is 26.1. The lowest BCUT2D eigenvalue weighted by atomic mass is 9.84. The normalized spacial score (nSPS) is 12.1. The van der Waals surface area contributed by atoms with Crippen molar-refractivity contribution < 1.29 is 0 Å². The highest BCUT2D eigenvalue weighted by atomic mass is 32.1. The lowest BCUT2D eigenvalue weighted by molar-refractivity contribution is 1.61. The first-order valence-electron chi connectivity index (χ1n) is 25.3. The molecule has 0 radical (unpaired) electrons. The fourth-order valence-electron chi connectivity index (χ4n) is 12.7. The van der Waals surface area contributed by atoms with E-state index in [4.69, 9.17) is 0 Å². The molecule has 0 atom stereocenters. The topological polar surface area (TPSA) is 0 Å². The molecule has 0 aliphatic rings. The van der Waals surface area contributed by atoms with Gasteiger partial charge < -0.3 is 0 Å². The maximum absolute atomic E-state index is 2.47. The summed E-state index contributed by atoms with van der Waals surface area (Å²) >= 11 is 1.90. The monoisotopic (exact) mass is 938 g/mol. The van der Waals surface area contributed by atoms with Gasteiger partial charge in [0.15, 0.2) is 0 Å². The molecule has 0 aliphatic carbocycles. The minimum atomic E-state index is 1.21. The molecule has 336 valence electrons. The second-order valence-electron chi connectivity index (χ2n) is 19.8. The summed E-state index contributed by atoms with van der Waals surface area (Å²) in [6, 6.07) is 95.6. The van der Waals surface area contributed by atoms with Crippen LogP contribution in [0.15, 0.2) is 255 Å². The molecule has 0 spiro atoms. The van der Waals surface area contributed by atoms with Crippen molar-refractivity contribution in [3.63, 3.8) is 0 Å². The van der Waals surface area contributed by atoms with Crippen LogP contribution in [0.25, 0.3) is 162 Å². The van der Waals surface area contributed by atoms with E-state index in [1.807, 2.05) is 11.3 Å². The van der Waals surface area contributed by atoms with E-state index in [1.54, 1.807) is 0 Å². The Morgan fingerprint density at radius 2 is 0.603 bits per heavy atom. The third-order valence-electron chi connectivity index (χ3n) is 16.0. The van der Waals surface area contributed by atoms with E-state index >= 15 is 0 Å². The fraction of sp³-hybridized carbons (Fsp3) is 0. The fourth-order valence-corrected chi connectivity index (χ4v) is 13.8. The van der Waals surface area contributed by atoms with Crippen molar-refractivity contribution in [3.05, 3.63) is 255 Å². The van der Waals surface area contributed by atoms with Crippen molar-refractivity contribution >= 4 is 118 Å². The standard InChI is InChI=1S/C72H42S/c1-2-14-43(15-3-1)46-16-12-18-49(38-46)69-57-24-8-10-26-59(57)70(60-27-11-9-25-58(60)69)50-19-13-17-47(39-50)51-33-28-44-31-36-62-52(34-29-45-30-35-61(51)71(44)72(45)62)48-32-37-67-65(40-48)66-41-63-55-22-6-4-20-53(55)54-21-5-7-23-56(54)64(63)42-68(66)73-67/h1-42H. The predicted molar refractivity (Wildman–Crippen MR) is 318 cm³/mol. The Bertz CT molecular complexity index is 4900. The molecule has 0 unspecified atom stereocenters. The van der Waals surface area contributed by atoms with Gasteiger partial charge in [0.25, 0.3) is 0 Å². The Labute approximate surface area is 425 Å². The molecule has 73 heavy (non-hydrogen) atoms. The molecule has 15 aromatic carbocycles. The Kier molecular flexibility index (Phi) is 8.72. The molecule has 0 saturated carbocycles. The van der Waals surface area contributed by atoms with Crippen molar-refractivity contribution in [2.45, 2.75) is 0 Å². The number of hydrogen-bond acceptors (Lipinski definition) is 1. The molecule has 0 N–H and O–H groups in total. The first kappa shape index (κ1) is 40.6. The summed E-state index contributed by atoms with van der Waals surface area (Å²) in [6.07, 6.45) is 0. The van der Waals surface area contributed by atoms with E-state index in [-0.39, 0.29) is 0 Å². The molecule has 16 rings (SSSR count). The maximum atomic E-state index is 2.47. The third-order valence-corrected chi connectivity index (χ3v) is 17.1. The number of fused-ring (bicyclic) bond motifs is 11. The van der Waals surface area contributed by atoms with Crippen LogP contribution in [-0.2, 0) is 0 Å². The quantitative estimate of drug-likeness (QED) is 0.119. The van der Waals surface area contributed by atoms with Gasteiger partial charge in [0.2, 0.25) is 0 Å². The average Bonchev–Trinajstić information content (AvgIpc) is 3.82. The first-order chi connectivity index (χ1) is 36.2. The summed E-state index contributed by atoms with van der Waals surface area (Å²) in [7, 11) is 0. The van der Waals surface area contributed by atoms with E-state index in [0.29, 0.717) is 0 Å². The van der Waals surface area contributed by atoms with Crippen LogP contribution in [0.4, 0.5) is 0 Å². The van der Waals surface area contributed by atoms with Gasteiger partial charge in [-0.1, -0.05) is 218 Å². The molecule has 1 heteroatoms. The smallest absolute Gasteiger partial charge is 0.0362 e. The summed E-state index contributed by atoms with van der Waals surface area (Å²) in [6.45, 7) is 0. The molecular formula is C72H42S. The van der Waals surface area contributed by atoms with Crippen molar-refractivity contribution in [2.24, 2.45) is 0 Å². The molecule has 16 aromatic rings. The molecule has 1 heterocycles. The zero-order valence-corrected chi connectivity index (χ0v) is 40.5. The van der Waals surface area contributed by atoms with E-state index in [9.17, 15) is 0 Å². The molecular weight excluding hydrogens is 897 g/mol. The summed E-state index contributed by atoms with van der Waals surface area (Å²) in [5, 5.41) is 23.3. The Balaban J connectivity index is 0.846. The average molecular weight is 939 g/mol. The number of thiophene rings is 1. The van der Waals surface area contributed by atoms with Crippen LogP contribution >= 0.6 is 11.3 Å².